The van der Waals surface area contributed by atoms with Crippen molar-refractivity contribution in [1.82, 2.24) is 25.2 Å². The van der Waals surface area contributed by atoms with Crippen LogP contribution in [0.5, 0.6) is 0 Å². The fourth-order valence-corrected chi connectivity index (χ4v) is 3.62. The molecule has 0 amide bonds. The summed E-state index contributed by atoms with van der Waals surface area (Å²) in [5, 5.41) is 13.3. The molecule has 1 unspecified atom stereocenters. The Labute approximate surface area is 145 Å². The highest BCUT2D eigenvalue weighted by Crippen LogP contribution is 2.29. The number of nitrogens with zero attached hydrogens (tertiary/aromatic N) is 4. The molecule has 2 aromatic heterocycles. The molecule has 0 spiro atoms. The molecule has 0 aliphatic carbocycles. The van der Waals surface area contributed by atoms with Gasteiger partial charge in [0.05, 0.1) is 31.0 Å². The van der Waals surface area contributed by atoms with Gasteiger partial charge >= 0.3 is 0 Å². The minimum Gasteiger partial charge on any atom is -0.377 e. The molecule has 3 aromatic rings. The van der Waals surface area contributed by atoms with Crippen LogP contribution in [0, 0.1) is 0 Å². The van der Waals surface area contributed by atoms with Crippen molar-refractivity contribution in [2.24, 2.45) is 0 Å². The van der Waals surface area contributed by atoms with Crippen molar-refractivity contribution in [3.8, 4) is 11.5 Å². The van der Waals surface area contributed by atoms with E-state index in [1.807, 2.05) is 16.9 Å². The highest BCUT2D eigenvalue weighted by molar-refractivity contribution is 5.83. The lowest BCUT2D eigenvalue weighted by molar-refractivity contribution is -0.0266. The van der Waals surface area contributed by atoms with Gasteiger partial charge in [-0.1, -0.05) is 11.2 Å². The number of benzene rings is 1. The van der Waals surface area contributed by atoms with Crippen LogP contribution in [-0.2, 0) is 4.74 Å². The molecule has 2 saturated heterocycles. The SMILES string of the molecule is c1cc2cnn(C3COC3)c2cc1-c1nc(C2CCCNCC2)no1. The Morgan fingerprint density at radius 1 is 1.16 bits per heavy atom. The Morgan fingerprint density at radius 3 is 3.00 bits per heavy atom. The molecule has 130 valence electrons. The first-order chi connectivity index (χ1) is 12.4. The summed E-state index contributed by atoms with van der Waals surface area (Å²) in [5.41, 5.74) is 2.03. The zero-order valence-electron chi connectivity index (χ0n) is 14.0. The van der Waals surface area contributed by atoms with E-state index in [1.54, 1.807) is 0 Å². The fourth-order valence-electron chi connectivity index (χ4n) is 3.62. The predicted octanol–water partition coefficient (Wildman–Crippen LogP) is 2.51. The molecular weight excluding hydrogens is 318 g/mol. The molecule has 0 saturated carbocycles. The van der Waals surface area contributed by atoms with E-state index in [0.29, 0.717) is 17.9 Å². The second kappa shape index (κ2) is 6.24. The van der Waals surface area contributed by atoms with Crippen LogP contribution in [0.2, 0.25) is 0 Å². The summed E-state index contributed by atoms with van der Waals surface area (Å²) >= 11 is 0. The molecule has 25 heavy (non-hydrogen) atoms. The van der Waals surface area contributed by atoms with E-state index in [0.717, 1.165) is 67.9 Å². The second-order valence-electron chi connectivity index (χ2n) is 6.89. The summed E-state index contributed by atoms with van der Waals surface area (Å²) in [6, 6.07) is 6.50. The lowest BCUT2D eigenvalue weighted by atomic mass is 10.0. The van der Waals surface area contributed by atoms with Crippen LogP contribution in [0.25, 0.3) is 22.4 Å². The topological polar surface area (TPSA) is 78.0 Å². The highest BCUT2D eigenvalue weighted by Gasteiger charge is 2.24. The second-order valence-corrected chi connectivity index (χ2v) is 6.89. The van der Waals surface area contributed by atoms with Crippen LogP contribution < -0.4 is 5.32 Å². The zero-order valence-corrected chi connectivity index (χ0v) is 14.0. The molecule has 1 aromatic carbocycles. The Hall–Kier alpha value is -2.25. The lowest BCUT2D eigenvalue weighted by Crippen LogP contribution is -2.31. The number of nitrogens with one attached hydrogen (secondary N) is 1. The molecule has 0 bridgehead atoms. The lowest BCUT2D eigenvalue weighted by Gasteiger charge is -2.26. The van der Waals surface area contributed by atoms with Crippen molar-refractivity contribution in [2.45, 2.75) is 31.2 Å². The van der Waals surface area contributed by atoms with Gasteiger partial charge in [0.15, 0.2) is 5.82 Å². The molecule has 7 nitrogen and oxygen atoms in total. The third kappa shape index (κ3) is 2.73. The third-order valence-electron chi connectivity index (χ3n) is 5.19. The van der Waals surface area contributed by atoms with Crippen molar-refractivity contribution in [1.29, 1.82) is 0 Å². The van der Waals surface area contributed by atoms with E-state index < -0.39 is 0 Å². The van der Waals surface area contributed by atoms with Gasteiger partial charge in [-0.2, -0.15) is 10.1 Å². The molecule has 1 N–H and O–H groups in total. The highest BCUT2D eigenvalue weighted by atomic mass is 16.5. The molecule has 4 heterocycles. The maximum Gasteiger partial charge on any atom is 0.258 e. The number of hydrogen-bond acceptors (Lipinski definition) is 6. The molecule has 0 radical (unpaired) electrons. The fraction of sp³-hybridized carbons (Fsp3) is 0.500. The van der Waals surface area contributed by atoms with Gasteiger partial charge in [-0.05, 0) is 44.5 Å². The minimum absolute atomic E-state index is 0.324. The molecule has 2 aliphatic rings. The Bertz CT molecular complexity index is 875. The van der Waals surface area contributed by atoms with Crippen LogP contribution in [-0.4, -0.2) is 46.2 Å². The summed E-state index contributed by atoms with van der Waals surface area (Å²) in [4.78, 5) is 4.69. The molecular formula is C18H21N5O2. The first kappa shape index (κ1) is 15.0. The number of aromatic nitrogens is 4. The van der Waals surface area contributed by atoms with Crippen LogP contribution in [0.1, 0.15) is 37.0 Å². The normalized spacial score (nSPS) is 22.0. The van der Waals surface area contributed by atoms with E-state index in [4.69, 9.17) is 9.26 Å². The first-order valence-corrected chi connectivity index (χ1v) is 8.98. The van der Waals surface area contributed by atoms with Gasteiger partial charge < -0.3 is 14.6 Å². The van der Waals surface area contributed by atoms with E-state index >= 15 is 0 Å². The van der Waals surface area contributed by atoms with Crippen molar-refractivity contribution < 1.29 is 9.26 Å². The standard InChI is InChI=1S/C18H21N5O2/c1-2-12(5-7-19-6-1)17-21-18(25-22-17)13-3-4-14-9-20-23(16(14)8-13)15-10-24-11-15/h3-4,8-9,12,15,19H,1-2,5-7,10-11H2. The van der Waals surface area contributed by atoms with Gasteiger partial charge in [0, 0.05) is 16.9 Å². The molecule has 5 rings (SSSR count). The first-order valence-electron chi connectivity index (χ1n) is 8.98. The average Bonchev–Trinajstić information content (AvgIpc) is 3.14. The van der Waals surface area contributed by atoms with Gasteiger partial charge in [-0.15, -0.1) is 0 Å². The summed E-state index contributed by atoms with van der Waals surface area (Å²) in [6.45, 7) is 3.54. The van der Waals surface area contributed by atoms with Gasteiger partial charge in [0.25, 0.3) is 5.89 Å². The molecule has 2 aliphatic heterocycles. The molecule has 1 atom stereocenters. The van der Waals surface area contributed by atoms with Crippen molar-refractivity contribution in [3.05, 3.63) is 30.2 Å². The van der Waals surface area contributed by atoms with Crippen LogP contribution >= 0.6 is 0 Å². The van der Waals surface area contributed by atoms with Gasteiger partial charge in [0.2, 0.25) is 0 Å². The van der Waals surface area contributed by atoms with Crippen LogP contribution in [0.15, 0.2) is 28.9 Å². The number of ether oxygens (including phenoxy) is 1. The molecule has 7 heteroatoms. The Balaban J connectivity index is 1.46. The summed E-state index contributed by atoms with van der Waals surface area (Å²) in [6.07, 6.45) is 5.23. The number of rotatable bonds is 3. The average molecular weight is 339 g/mol. The van der Waals surface area contributed by atoms with Crippen molar-refractivity contribution in [2.75, 3.05) is 26.3 Å². The van der Waals surface area contributed by atoms with E-state index in [2.05, 4.69) is 32.7 Å². The Kier molecular flexibility index (Phi) is 3.75. The maximum atomic E-state index is 5.58. The van der Waals surface area contributed by atoms with Crippen LogP contribution in [0.3, 0.4) is 0 Å². The summed E-state index contributed by atoms with van der Waals surface area (Å²) < 4.78 is 12.9. The van der Waals surface area contributed by atoms with E-state index in [1.165, 1.54) is 0 Å². The maximum absolute atomic E-state index is 5.58. The Morgan fingerprint density at radius 2 is 2.12 bits per heavy atom. The van der Waals surface area contributed by atoms with Crippen LogP contribution in [0.4, 0.5) is 0 Å². The quantitative estimate of drug-likeness (QED) is 0.790. The van der Waals surface area contributed by atoms with Crippen molar-refractivity contribution >= 4 is 10.9 Å². The van der Waals surface area contributed by atoms with Crippen molar-refractivity contribution in [3.63, 3.8) is 0 Å². The monoisotopic (exact) mass is 339 g/mol. The number of fused-ring (bicyclic) bond motifs is 1. The third-order valence-corrected chi connectivity index (χ3v) is 5.19. The minimum atomic E-state index is 0.324. The van der Waals surface area contributed by atoms with Gasteiger partial charge in [-0.25, -0.2) is 0 Å². The summed E-state index contributed by atoms with van der Waals surface area (Å²) in [5.74, 6) is 1.81. The zero-order chi connectivity index (χ0) is 16.6. The smallest absolute Gasteiger partial charge is 0.258 e. The van der Waals surface area contributed by atoms with E-state index in [-0.39, 0.29) is 0 Å². The summed E-state index contributed by atoms with van der Waals surface area (Å²) in [7, 11) is 0. The largest absolute Gasteiger partial charge is 0.377 e. The predicted molar refractivity (Wildman–Crippen MR) is 92.3 cm³/mol. The molecule has 2 fully saturated rings. The van der Waals surface area contributed by atoms with Gasteiger partial charge in [-0.3, -0.25) is 4.68 Å². The van der Waals surface area contributed by atoms with E-state index in [9.17, 15) is 0 Å². The number of hydrogen-bond donors (Lipinski definition) is 1. The van der Waals surface area contributed by atoms with Gasteiger partial charge in [0.1, 0.15) is 0 Å².